The molecule has 0 aromatic heterocycles. The summed E-state index contributed by atoms with van der Waals surface area (Å²) >= 11 is 0. The normalized spacial score (nSPS) is 15.7. The Labute approximate surface area is 125 Å². The van der Waals surface area contributed by atoms with Crippen molar-refractivity contribution in [2.75, 3.05) is 6.54 Å². The van der Waals surface area contributed by atoms with E-state index in [4.69, 9.17) is 0 Å². The molecule has 0 heterocycles. The number of hydrogen-bond donors (Lipinski definition) is 3. The molecule has 21 heavy (non-hydrogen) atoms. The highest BCUT2D eigenvalue weighted by Crippen LogP contribution is 2.24. The van der Waals surface area contributed by atoms with Crippen molar-refractivity contribution in [2.45, 2.75) is 64.3 Å². The topological polar surface area (TPSA) is 95.5 Å². The van der Waals surface area contributed by atoms with Gasteiger partial charge in [0.2, 0.25) is 11.8 Å². The predicted molar refractivity (Wildman–Crippen MR) is 78.7 cm³/mol. The highest BCUT2D eigenvalue weighted by molar-refractivity contribution is 5.87. The minimum absolute atomic E-state index is 0.00998. The highest BCUT2D eigenvalue weighted by Gasteiger charge is 2.36. The molecule has 1 aliphatic carbocycles. The molecule has 120 valence electrons. The van der Waals surface area contributed by atoms with Gasteiger partial charge in [0.05, 0.1) is 0 Å². The van der Waals surface area contributed by atoms with Crippen LogP contribution in [0.5, 0.6) is 0 Å². The van der Waals surface area contributed by atoms with Crippen molar-refractivity contribution >= 4 is 17.8 Å². The van der Waals surface area contributed by atoms with Crippen LogP contribution in [-0.4, -0.2) is 35.0 Å². The number of hydrogen-bond acceptors (Lipinski definition) is 3. The molecule has 0 atom stereocenters. The van der Waals surface area contributed by atoms with Gasteiger partial charge in [-0.1, -0.05) is 26.7 Å². The van der Waals surface area contributed by atoms with E-state index in [1.807, 2.05) is 0 Å². The highest BCUT2D eigenvalue weighted by atomic mass is 16.4. The molecule has 3 N–H and O–H groups in total. The van der Waals surface area contributed by atoms with Crippen LogP contribution in [-0.2, 0) is 14.4 Å². The lowest BCUT2D eigenvalue weighted by Crippen LogP contribution is -2.54. The minimum Gasteiger partial charge on any atom is -0.480 e. The molecular formula is C15H26N2O4. The van der Waals surface area contributed by atoms with E-state index in [0.29, 0.717) is 12.8 Å². The van der Waals surface area contributed by atoms with Gasteiger partial charge in [-0.05, 0) is 25.7 Å². The van der Waals surface area contributed by atoms with Crippen molar-refractivity contribution in [3.05, 3.63) is 0 Å². The molecule has 0 radical (unpaired) electrons. The minimum atomic E-state index is -1.20. The average Bonchev–Trinajstić information content (AvgIpc) is 2.98. The second kappa shape index (κ2) is 8.00. The van der Waals surface area contributed by atoms with E-state index in [-0.39, 0.29) is 30.7 Å². The van der Waals surface area contributed by atoms with E-state index in [1.54, 1.807) is 13.8 Å². The number of amides is 2. The Balaban J connectivity index is 2.36. The average molecular weight is 298 g/mol. The van der Waals surface area contributed by atoms with E-state index in [0.717, 1.165) is 25.7 Å². The molecule has 0 aromatic carbocycles. The number of rotatable bonds is 8. The maximum Gasteiger partial charge on any atom is 0.329 e. The Bertz CT molecular complexity index is 385. The first-order valence-electron chi connectivity index (χ1n) is 7.77. The van der Waals surface area contributed by atoms with Crippen molar-refractivity contribution in [3.63, 3.8) is 0 Å². The third-order valence-corrected chi connectivity index (χ3v) is 4.37. The Morgan fingerprint density at radius 3 is 2.19 bits per heavy atom. The summed E-state index contributed by atoms with van der Waals surface area (Å²) in [5, 5.41) is 14.6. The van der Waals surface area contributed by atoms with E-state index in [9.17, 15) is 19.5 Å². The first-order valence-corrected chi connectivity index (χ1v) is 7.77. The quantitative estimate of drug-likeness (QED) is 0.632. The Morgan fingerprint density at radius 2 is 1.71 bits per heavy atom. The van der Waals surface area contributed by atoms with Crippen LogP contribution >= 0.6 is 0 Å². The molecule has 0 aliphatic heterocycles. The zero-order valence-corrected chi connectivity index (χ0v) is 12.9. The largest absolute Gasteiger partial charge is 0.480 e. The van der Waals surface area contributed by atoms with E-state index >= 15 is 0 Å². The van der Waals surface area contributed by atoms with Gasteiger partial charge < -0.3 is 15.7 Å². The summed E-state index contributed by atoms with van der Waals surface area (Å²) in [7, 11) is 0. The van der Waals surface area contributed by atoms with Crippen LogP contribution in [0.4, 0.5) is 0 Å². The second-order valence-electron chi connectivity index (χ2n) is 5.66. The zero-order valence-electron chi connectivity index (χ0n) is 12.9. The SMILES string of the molecule is CCC(CC)(NC(=O)CCNC(=O)C1CCCC1)C(=O)O. The van der Waals surface area contributed by atoms with Gasteiger partial charge in [0.25, 0.3) is 0 Å². The van der Waals surface area contributed by atoms with Crippen molar-refractivity contribution < 1.29 is 19.5 Å². The molecule has 0 aromatic rings. The number of carboxylic acid groups (broad SMARTS) is 1. The summed E-state index contributed by atoms with van der Waals surface area (Å²) in [6.45, 7) is 3.73. The predicted octanol–water partition coefficient (Wildman–Crippen LogP) is 1.44. The van der Waals surface area contributed by atoms with Crippen LogP contribution in [0.3, 0.4) is 0 Å². The molecule has 1 rings (SSSR count). The van der Waals surface area contributed by atoms with E-state index in [1.165, 1.54) is 0 Å². The van der Waals surface area contributed by atoms with Gasteiger partial charge in [-0.2, -0.15) is 0 Å². The first kappa shape index (κ1) is 17.5. The summed E-state index contributed by atoms with van der Waals surface area (Å²) in [6, 6.07) is 0. The third-order valence-electron chi connectivity index (χ3n) is 4.37. The summed E-state index contributed by atoms with van der Waals surface area (Å²) < 4.78 is 0. The van der Waals surface area contributed by atoms with Crippen molar-refractivity contribution in [2.24, 2.45) is 5.92 Å². The molecule has 0 unspecified atom stereocenters. The van der Waals surface area contributed by atoms with Crippen LogP contribution in [0.1, 0.15) is 58.8 Å². The number of nitrogens with one attached hydrogen (secondary N) is 2. The molecule has 6 heteroatoms. The van der Waals surface area contributed by atoms with Crippen LogP contribution in [0.15, 0.2) is 0 Å². The maximum absolute atomic E-state index is 11.9. The molecule has 6 nitrogen and oxygen atoms in total. The van der Waals surface area contributed by atoms with Gasteiger partial charge in [0.15, 0.2) is 0 Å². The van der Waals surface area contributed by atoms with Gasteiger partial charge in [-0.15, -0.1) is 0 Å². The van der Waals surface area contributed by atoms with Crippen LogP contribution in [0.25, 0.3) is 0 Å². The fraction of sp³-hybridized carbons (Fsp3) is 0.800. The lowest BCUT2D eigenvalue weighted by molar-refractivity contribution is -0.148. The Hall–Kier alpha value is -1.59. The van der Waals surface area contributed by atoms with Crippen molar-refractivity contribution in [3.8, 4) is 0 Å². The van der Waals surface area contributed by atoms with Gasteiger partial charge in [-0.25, -0.2) is 4.79 Å². The lowest BCUT2D eigenvalue weighted by atomic mass is 9.93. The number of carboxylic acids is 1. The van der Waals surface area contributed by atoms with Crippen LogP contribution in [0, 0.1) is 5.92 Å². The Morgan fingerprint density at radius 1 is 1.14 bits per heavy atom. The summed E-state index contributed by atoms with van der Waals surface area (Å²) in [5.74, 6) is -1.27. The van der Waals surface area contributed by atoms with E-state index in [2.05, 4.69) is 10.6 Å². The molecule has 1 aliphatic rings. The van der Waals surface area contributed by atoms with Gasteiger partial charge >= 0.3 is 5.97 Å². The van der Waals surface area contributed by atoms with Crippen molar-refractivity contribution in [1.82, 2.24) is 10.6 Å². The standard InChI is InChI=1S/C15H26N2O4/c1-3-15(4-2,14(20)21)17-12(18)9-10-16-13(19)11-7-5-6-8-11/h11H,3-10H2,1-2H3,(H,16,19)(H,17,18)(H,20,21). The first-order chi connectivity index (χ1) is 9.95. The maximum atomic E-state index is 11.9. The summed E-state index contributed by atoms with van der Waals surface area (Å²) in [4.78, 5) is 34.9. The molecular weight excluding hydrogens is 272 g/mol. The lowest BCUT2D eigenvalue weighted by Gasteiger charge is -2.28. The molecule has 1 fully saturated rings. The van der Waals surface area contributed by atoms with Gasteiger partial charge in [0, 0.05) is 18.9 Å². The molecule has 0 saturated heterocycles. The smallest absolute Gasteiger partial charge is 0.329 e. The van der Waals surface area contributed by atoms with Crippen LogP contribution < -0.4 is 10.6 Å². The summed E-state index contributed by atoms with van der Waals surface area (Å²) in [6.07, 6.45) is 4.79. The fourth-order valence-corrected chi connectivity index (χ4v) is 2.74. The number of aliphatic carboxylic acids is 1. The molecule has 1 saturated carbocycles. The second-order valence-corrected chi connectivity index (χ2v) is 5.66. The Kier molecular flexibility index (Phi) is 6.65. The fourth-order valence-electron chi connectivity index (χ4n) is 2.74. The van der Waals surface area contributed by atoms with E-state index < -0.39 is 11.5 Å². The van der Waals surface area contributed by atoms with Gasteiger partial charge in [-0.3, -0.25) is 9.59 Å². The number of carbonyl (C=O) groups is 3. The molecule has 0 bridgehead atoms. The number of carbonyl (C=O) groups excluding carboxylic acids is 2. The molecule has 2 amide bonds. The van der Waals surface area contributed by atoms with Crippen LogP contribution in [0.2, 0.25) is 0 Å². The zero-order chi connectivity index (χ0) is 15.9. The third kappa shape index (κ3) is 4.72. The van der Waals surface area contributed by atoms with Gasteiger partial charge in [0.1, 0.15) is 5.54 Å². The monoisotopic (exact) mass is 298 g/mol. The van der Waals surface area contributed by atoms with Crippen molar-refractivity contribution in [1.29, 1.82) is 0 Å². The summed E-state index contributed by atoms with van der Waals surface area (Å²) in [5.41, 5.74) is -1.20. The molecule has 0 spiro atoms.